The quantitative estimate of drug-likeness (QED) is 0.852. The third kappa shape index (κ3) is 3.57. The summed E-state index contributed by atoms with van der Waals surface area (Å²) in [5.41, 5.74) is 0. The summed E-state index contributed by atoms with van der Waals surface area (Å²) < 4.78 is 0. The molecule has 2 saturated heterocycles. The van der Waals surface area contributed by atoms with Crippen molar-refractivity contribution in [3.05, 3.63) is 12.3 Å². The SMILES string of the molecule is CCC1CCCCN1c1nccc(N2CCN(C(C)=O)CC2)n1. The molecular formula is C17H27N5O. The van der Waals surface area contributed by atoms with E-state index >= 15 is 0 Å². The van der Waals surface area contributed by atoms with E-state index in [0.29, 0.717) is 6.04 Å². The van der Waals surface area contributed by atoms with E-state index in [9.17, 15) is 4.79 Å². The van der Waals surface area contributed by atoms with E-state index in [1.807, 2.05) is 17.2 Å². The molecule has 0 saturated carbocycles. The Balaban J connectivity index is 1.71. The van der Waals surface area contributed by atoms with Gasteiger partial charge in [0.05, 0.1) is 0 Å². The smallest absolute Gasteiger partial charge is 0.227 e. The molecule has 2 fully saturated rings. The predicted octanol–water partition coefficient (Wildman–Crippen LogP) is 1.91. The number of amides is 1. The van der Waals surface area contributed by atoms with Crippen LogP contribution in [-0.4, -0.2) is 59.5 Å². The second-order valence-corrected chi connectivity index (χ2v) is 6.46. The van der Waals surface area contributed by atoms with Crippen LogP contribution in [0.15, 0.2) is 12.3 Å². The highest BCUT2D eigenvalue weighted by Crippen LogP contribution is 2.25. The normalized spacial score (nSPS) is 22.3. The van der Waals surface area contributed by atoms with Crippen molar-refractivity contribution in [2.75, 3.05) is 42.5 Å². The lowest BCUT2D eigenvalue weighted by Gasteiger charge is -2.37. The van der Waals surface area contributed by atoms with Crippen molar-refractivity contribution in [2.24, 2.45) is 0 Å². The van der Waals surface area contributed by atoms with Gasteiger partial charge in [0, 0.05) is 51.9 Å². The van der Waals surface area contributed by atoms with Crippen LogP contribution in [0.5, 0.6) is 0 Å². The summed E-state index contributed by atoms with van der Waals surface area (Å²) in [4.78, 5) is 27.3. The van der Waals surface area contributed by atoms with Gasteiger partial charge >= 0.3 is 0 Å². The van der Waals surface area contributed by atoms with E-state index < -0.39 is 0 Å². The number of aromatic nitrogens is 2. The standard InChI is InChI=1S/C17H27N5O/c1-3-15-6-4-5-9-22(15)17-18-8-7-16(19-17)21-12-10-20(11-13-21)14(2)23/h7-8,15H,3-6,9-13H2,1-2H3. The Bertz CT molecular complexity index is 542. The van der Waals surface area contributed by atoms with E-state index in [-0.39, 0.29) is 5.91 Å². The molecule has 2 aliphatic heterocycles. The highest BCUT2D eigenvalue weighted by molar-refractivity contribution is 5.73. The largest absolute Gasteiger partial charge is 0.353 e. The molecule has 0 spiro atoms. The third-order valence-corrected chi connectivity index (χ3v) is 5.03. The summed E-state index contributed by atoms with van der Waals surface area (Å²) in [5, 5.41) is 0. The van der Waals surface area contributed by atoms with E-state index in [0.717, 1.165) is 50.9 Å². The minimum Gasteiger partial charge on any atom is -0.353 e. The molecule has 6 nitrogen and oxygen atoms in total. The Labute approximate surface area is 138 Å². The Morgan fingerprint density at radius 1 is 1.22 bits per heavy atom. The molecule has 1 aromatic heterocycles. The van der Waals surface area contributed by atoms with Gasteiger partial charge in [0.15, 0.2) is 0 Å². The van der Waals surface area contributed by atoms with E-state index in [1.54, 1.807) is 6.92 Å². The van der Waals surface area contributed by atoms with Gasteiger partial charge in [-0.2, -0.15) is 4.98 Å². The van der Waals surface area contributed by atoms with E-state index in [2.05, 4.69) is 21.7 Å². The minimum atomic E-state index is 0.159. The summed E-state index contributed by atoms with van der Waals surface area (Å²) in [6, 6.07) is 2.55. The molecule has 0 aromatic carbocycles. The van der Waals surface area contributed by atoms with Gasteiger partial charge < -0.3 is 14.7 Å². The van der Waals surface area contributed by atoms with Crippen LogP contribution in [0.25, 0.3) is 0 Å². The number of carbonyl (C=O) groups is 1. The van der Waals surface area contributed by atoms with Crippen LogP contribution in [0.4, 0.5) is 11.8 Å². The van der Waals surface area contributed by atoms with Crippen molar-refractivity contribution in [3.63, 3.8) is 0 Å². The number of piperazine rings is 1. The Morgan fingerprint density at radius 2 is 2.00 bits per heavy atom. The lowest BCUT2D eigenvalue weighted by atomic mass is 10.0. The Kier molecular flexibility index (Phi) is 4.98. The number of piperidine rings is 1. The average Bonchev–Trinajstić information content (AvgIpc) is 2.62. The van der Waals surface area contributed by atoms with Crippen LogP contribution in [0, 0.1) is 0 Å². The molecule has 2 aliphatic rings. The summed E-state index contributed by atoms with van der Waals surface area (Å²) in [5.74, 6) is 2.01. The maximum atomic E-state index is 11.4. The van der Waals surface area contributed by atoms with Crippen LogP contribution in [-0.2, 0) is 4.79 Å². The highest BCUT2D eigenvalue weighted by Gasteiger charge is 2.25. The van der Waals surface area contributed by atoms with Gasteiger partial charge in [-0.1, -0.05) is 6.92 Å². The first kappa shape index (κ1) is 16.0. The van der Waals surface area contributed by atoms with Crippen LogP contribution in [0.1, 0.15) is 39.5 Å². The van der Waals surface area contributed by atoms with Gasteiger partial charge in [-0.25, -0.2) is 4.98 Å². The molecule has 3 rings (SSSR count). The molecule has 0 radical (unpaired) electrons. The molecule has 6 heteroatoms. The second-order valence-electron chi connectivity index (χ2n) is 6.46. The molecule has 0 bridgehead atoms. The molecule has 1 amide bonds. The number of hydrogen-bond donors (Lipinski definition) is 0. The lowest BCUT2D eigenvalue weighted by Crippen LogP contribution is -2.48. The average molecular weight is 317 g/mol. The maximum Gasteiger partial charge on any atom is 0.227 e. The molecule has 0 aliphatic carbocycles. The van der Waals surface area contributed by atoms with Crippen molar-refractivity contribution in [1.82, 2.24) is 14.9 Å². The predicted molar refractivity (Wildman–Crippen MR) is 91.8 cm³/mol. The van der Waals surface area contributed by atoms with Gasteiger partial charge in [0.1, 0.15) is 5.82 Å². The van der Waals surface area contributed by atoms with Crippen molar-refractivity contribution in [3.8, 4) is 0 Å². The summed E-state index contributed by atoms with van der Waals surface area (Å²) in [6.45, 7) is 8.17. The molecular weight excluding hydrogens is 290 g/mol. The van der Waals surface area contributed by atoms with Crippen molar-refractivity contribution < 1.29 is 4.79 Å². The van der Waals surface area contributed by atoms with Gasteiger partial charge in [0.2, 0.25) is 11.9 Å². The zero-order chi connectivity index (χ0) is 16.2. The van der Waals surface area contributed by atoms with Crippen LogP contribution in [0.2, 0.25) is 0 Å². The zero-order valence-corrected chi connectivity index (χ0v) is 14.2. The molecule has 0 N–H and O–H groups in total. The summed E-state index contributed by atoms with van der Waals surface area (Å²) in [6.07, 6.45) is 6.78. The van der Waals surface area contributed by atoms with Crippen LogP contribution < -0.4 is 9.80 Å². The number of hydrogen-bond acceptors (Lipinski definition) is 5. The fraction of sp³-hybridized carbons (Fsp3) is 0.706. The zero-order valence-electron chi connectivity index (χ0n) is 14.2. The summed E-state index contributed by atoms with van der Waals surface area (Å²) in [7, 11) is 0. The summed E-state index contributed by atoms with van der Waals surface area (Å²) >= 11 is 0. The van der Waals surface area contributed by atoms with Gasteiger partial charge in [0.25, 0.3) is 0 Å². The molecule has 1 atom stereocenters. The fourth-order valence-electron chi connectivity index (χ4n) is 3.59. The lowest BCUT2D eigenvalue weighted by molar-refractivity contribution is -0.129. The third-order valence-electron chi connectivity index (χ3n) is 5.03. The first-order valence-electron chi connectivity index (χ1n) is 8.79. The number of carbonyl (C=O) groups excluding carboxylic acids is 1. The van der Waals surface area contributed by atoms with Gasteiger partial charge in [-0.3, -0.25) is 4.79 Å². The molecule has 3 heterocycles. The molecule has 126 valence electrons. The van der Waals surface area contributed by atoms with Crippen molar-refractivity contribution >= 4 is 17.7 Å². The number of anilines is 2. The highest BCUT2D eigenvalue weighted by atomic mass is 16.2. The number of nitrogens with zero attached hydrogens (tertiary/aromatic N) is 5. The van der Waals surface area contributed by atoms with Gasteiger partial charge in [-0.05, 0) is 31.7 Å². The molecule has 23 heavy (non-hydrogen) atoms. The van der Waals surface area contributed by atoms with E-state index in [1.165, 1.54) is 19.3 Å². The fourth-order valence-corrected chi connectivity index (χ4v) is 3.59. The Morgan fingerprint density at radius 3 is 2.70 bits per heavy atom. The number of rotatable bonds is 3. The monoisotopic (exact) mass is 317 g/mol. The van der Waals surface area contributed by atoms with E-state index in [4.69, 9.17) is 4.98 Å². The van der Waals surface area contributed by atoms with Crippen LogP contribution in [0.3, 0.4) is 0 Å². The second kappa shape index (κ2) is 7.15. The Hall–Kier alpha value is -1.85. The van der Waals surface area contributed by atoms with Crippen molar-refractivity contribution in [1.29, 1.82) is 0 Å². The minimum absolute atomic E-state index is 0.159. The molecule has 1 unspecified atom stereocenters. The van der Waals surface area contributed by atoms with Crippen molar-refractivity contribution in [2.45, 2.75) is 45.6 Å². The topological polar surface area (TPSA) is 52.6 Å². The van der Waals surface area contributed by atoms with Crippen LogP contribution >= 0.6 is 0 Å². The molecule has 1 aromatic rings. The first-order valence-corrected chi connectivity index (χ1v) is 8.79. The first-order chi connectivity index (χ1) is 11.2. The van der Waals surface area contributed by atoms with Gasteiger partial charge in [-0.15, -0.1) is 0 Å². The maximum absolute atomic E-state index is 11.4.